The lowest BCUT2D eigenvalue weighted by Crippen LogP contribution is -2.49. The molecule has 0 rings (SSSR count). The molecule has 9 heteroatoms. The Balaban J connectivity index is 4.71. The van der Waals surface area contributed by atoms with E-state index < -0.39 is 48.8 Å². The number of nitrogens with one attached hydrogen (secondary N) is 1. The number of aliphatic carboxylic acids is 3. The number of carbonyl (C=O) groups is 4. The largest absolute Gasteiger partial charge is 0.481 e. The Morgan fingerprint density at radius 1 is 1.00 bits per heavy atom. The number of hydrogen-bond donors (Lipinski definition) is 4. The molecule has 0 aliphatic rings. The predicted molar refractivity (Wildman–Crippen MR) is 54.9 cm³/mol. The lowest BCUT2D eigenvalue weighted by Gasteiger charge is -2.18. The Hall–Kier alpha value is -2.16. The third-order valence-corrected chi connectivity index (χ3v) is 1.98. The SMILES string of the molecule is COC(=O)CC(NC(CC(=O)O)C(=O)O)C(=O)O. The van der Waals surface area contributed by atoms with E-state index in [0.29, 0.717) is 0 Å². The zero-order chi connectivity index (χ0) is 14.3. The van der Waals surface area contributed by atoms with Crippen molar-refractivity contribution in [1.29, 1.82) is 0 Å². The molecule has 0 bridgehead atoms. The summed E-state index contributed by atoms with van der Waals surface area (Å²) in [7, 11) is 1.05. The molecule has 0 aromatic rings. The Morgan fingerprint density at radius 2 is 1.44 bits per heavy atom. The van der Waals surface area contributed by atoms with Gasteiger partial charge in [-0.25, -0.2) is 0 Å². The molecule has 0 fully saturated rings. The smallest absolute Gasteiger partial charge is 0.321 e. The molecule has 0 radical (unpaired) electrons. The minimum Gasteiger partial charge on any atom is -0.481 e. The van der Waals surface area contributed by atoms with Gasteiger partial charge in [-0.05, 0) is 0 Å². The second kappa shape index (κ2) is 7.22. The van der Waals surface area contributed by atoms with Gasteiger partial charge in [0.25, 0.3) is 0 Å². The van der Waals surface area contributed by atoms with Crippen LogP contribution >= 0.6 is 0 Å². The first kappa shape index (κ1) is 15.8. The van der Waals surface area contributed by atoms with Gasteiger partial charge in [0.05, 0.1) is 20.0 Å². The van der Waals surface area contributed by atoms with E-state index >= 15 is 0 Å². The predicted octanol–water partition coefficient (Wildman–Crippen LogP) is -1.48. The summed E-state index contributed by atoms with van der Waals surface area (Å²) < 4.78 is 4.25. The van der Waals surface area contributed by atoms with Crippen LogP contribution in [0.25, 0.3) is 0 Å². The van der Waals surface area contributed by atoms with Crippen LogP contribution in [0.4, 0.5) is 0 Å². The summed E-state index contributed by atoms with van der Waals surface area (Å²) in [5, 5.41) is 28.0. The molecule has 0 saturated carbocycles. The summed E-state index contributed by atoms with van der Waals surface area (Å²) in [4.78, 5) is 42.8. The quantitative estimate of drug-likeness (QED) is 0.384. The van der Waals surface area contributed by atoms with Gasteiger partial charge in [0.1, 0.15) is 12.1 Å². The fraction of sp³-hybridized carbons (Fsp3) is 0.556. The number of methoxy groups -OCH3 is 1. The van der Waals surface area contributed by atoms with Gasteiger partial charge < -0.3 is 20.1 Å². The molecule has 2 unspecified atom stereocenters. The van der Waals surface area contributed by atoms with Gasteiger partial charge in [-0.15, -0.1) is 0 Å². The Labute approximate surface area is 101 Å². The molecule has 18 heavy (non-hydrogen) atoms. The normalized spacial score (nSPS) is 13.4. The van der Waals surface area contributed by atoms with Crippen LogP contribution in [0, 0.1) is 0 Å². The second-order valence-electron chi connectivity index (χ2n) is 3.33. The summed E-state index contributed by atoms with van der Waals surface area (Å²) >= 11 is 0. The van der Waals surface area contributed by atoms with Crippen LogP contribution < -0.4 is 5.32 Å². The Kier molecular flexibility index (Phi) is 6.35. The fourth-order valence-electron chi connectivity index (χ4n) is 1.10. The monoisotopic (exact) mass is 263 g/mol. The van der Waals surface area contributed by atoms with Crippen LogP contribution in [0.5, 0.6) is 0 Å². The Morgan fingerprint density at radius 3 is 1.78 bits per heavy atom. The molecule has 9 nitrogen and oxygen atoms in total. The van der Waals surface area contributed by atoms with Crippen molar-refractivity contribution in [3.63, 3.8) is 0 Å². The molecular formula is C9H13NO8. The van der Waals surface area contributed by atoms with E-state index in [2.05, 4.69) is 10.1 Å². The van der Waals surface area contributed by atoms with E-state index in [9.17, 15) is 19.2 Å². The average molecular weight is 263 g/mol. The van der Waals surface area contributed by atoms with Gasteiger partial charge in [0.2, 0.25) is 0 Å². The summed E-state index contributed by atoms with van der Waals surface area (Å²) in [5.74, 6) is -5.25. The highest BCUT2D eigenvalue weighted by Gasteiger charge is 2.29. The number of carboxylic acid groups (broad SMARTS) is 3. The van der Waals surface area contributed by atoms with Crippen LogP contribution in [-0.4, -0.2) is 58.4 Å². The van der Waals surface area contributed by atoms with E-state index in [1.165, 1.54) is 0 Å². The van der Waals surface area contributed by atoms with Crippen molar-refractivity contribution in [1.82, 2.24) is 5.32 Å². The van der Waals surface area contributed by atoms with E-state index in [1.54, 1.807) is 0 Å². The molecule has 0 amide bonds. The molecule has 0 spiro atoms. The van der Waals surface area contributed by atoms with E-state index in [0.717, 1.165) is 7.11 Å². The molecule has 2 atom stereocenters. The number of rotatable bonds is 8. The number of ether oxygens (including phenoxy) is 1. The third-order valence-electron chi connectivity index (χ3n) is 1.98. The highest BCUT2D eigenvalue weighted by atomic mass is 16.5. The minimum atomic E-state index is -1.60. The van der Waals surface area contributed by atoms with Crippen molar-refractivity contribution in [3.05, 3.63) is 0 Å². The van der Waals surface area contributed by atoms with Crippen LogP contribution in [0.3, 0.4) is 0 Å². The summed E-state index contributed by atoms with van der Waals surface area (Å²) in [6, 6.07) is -3.13. The van der Waals surface area contributed by atoms with E-state index in [1.807, 2.05) is 0 Å². The lowest BCUT2D eigenvalue weighted by atomic mass is 10.1. The van der Waals surface area contributed by atoms with Gasteiger partial charge in [0.15, 0.2) is 0 Å². The second-order valence-corrected chi connectivity index (χ2v) is 3.33. The van der Waals surface area contributed by atoms with Gasteiger partial charge >= 0.3 is 23.9 Å². The first-order valence-corrected chi connectivity index (χ1v) is 4.78. The molecule has 0 saturated heterocycles. The van der Waals surface area contributed by atoms with Crippen molar-refractivity contribution < 1.29 is 39.2 Å². The van der Waals surface area contributed by atoms with E-state index in [4.69, 9.17) is 15.3 Å². The number of carboxylic acids is 3. The summed E-state index contributed by atoms with van der Waals surface area (Å²) in [6.07, 6.45) is -1.41. The van der Waals surface area contributed by atoms with Gasteiger partial charge in [0, 0.05) is 0 Å². The minimum absolute atomic E-state index is 0.602. The maximum absolute atomic E-state index is 10.9. The highest BCUT2D eigenvalue weighted by Crippen LogP contribution is 2.01. The van der Waals surface area contributed by atoms with Crippen LogP contribution in [0.1, 0.15) is 12.8 Å². The fourth-order valence-corrected chi connectivity index (χ4v) is 1.10. The van der Waals surface area contributed by atoms with Crippen LogP contribution in [0.2, 0.25) is 0 Å². The maximum Gasteiger partial charge on any atom is 0.321 e. The molecule has 0 heterocycles. The third kappa shape index (κ3) is 5.80. The molecule has 0 aliphatic carbocycles. The number of carbonyl (C=O) groups excluding carboxylic acids is 1. The number of hydrogen-bond acceptors (Lipinski definition) is 6. The zero-order valence-electron chi connectivity index (χ0n) is 9.45. The van der Waals surface area contributed by atoms with Crippen molar-refractivity contribution >= 4 is 23.9 Å². The van der Waals surface area contributed by atoms with Crippen LogP contribution in [-0.2, 0) is 23.9 Å². The molecule has 0 aliphatic heterocycles. The zero-order valence-corrected chi connectivity index (χ0v) is 9.45. The first-order chi connectivity index (χ1) is 8.27. The summed E-state index contributed by atoms with van der Waals surface area (Å²) in [5.41, 5.74) is 0. The van der Waals surface area contributed by atoms with Crippen molar-refractivity contribution in [2.75, 3.05) is 7.11 Å². The maximum atomic E-state index is 10.9. The molecular weight excluding hydrogens is 250 g/mol. The van der Waals surface area contributed by atoms with Gasteiger partial charge in [-0.2, -0.15) is 0 Å². The topological polar surface area (TPSA) is 150 Å². The van der Waals surface area contributed by atoms with Crippen molar-refractivity contribution in [2.24, 2.45) is 0 Å². The van der Waals surface area contributed by atoms with Gasteiger partial charge in [-0.1, -0.05) is 0 Å². The molecule has 4 N–H and O–H groups in total. The van der Waals surface area contributed by atoms with Crippen molar-refractivity contribution in [3.8, 4) is 0 Å². The van der Waals surface area contributed by atoms with E-state index in [-0.39, 0.29) is 0 Å². The Bertz CT molecular complexity index is 352. The highest BCUT2D eigenvalue weighted by molar-refractivity contribution is 5.84. The van der Waals surface area contributed by atoms with Crippen LogP contribution in [0.15, 0.2) is 0 Å². The standard InChI is InChI=1S/C9H13NO8/c1-18-7(13)3-5(9(16)17)10-4(8(14)15)2-6(11)12/h4-5,10H,2-3H2,1H3,(H,11,12)(H,14,15)(H,16,17). The molecule has 102 valence electrons. The van der Waals surface area contributed by atoms with Crippen molar-refractivity contribution in [2.45, 2.75) is 24.9 Å². The average Bonchev–Trinajstić information content (AvgIpc) is 2.25. The molecule has 0 aromatic heterocycles. The number of esters is 1. The molecule has 0 aromatic carbocycles. The summed E-state index contributed by atoms with van der Waals surface area (Å²) in [6.45, 7) is 0. The lowest BCUT2D eigenvalue weighted by molar-refractivity contribution is -0.150. The van der Waals surface area contributed by atoms with Gasteiger partial charge in [-0.3, -0.25) is 24.5 Å². The first-order valence-electron chi connectivity index (χ1n) is 4.78.